The second-order valence-electron chi connectivity index (χ2n) is 5.67. The van der Waals surface area contributed by atoms with E-state index >= 15 is 0 Å². The average Bonchev–Trinajstić information content (AvgIpc) is 3.15. The maximum atomic E-state index is 12.2. The number of nitrogens with zero attached hydrogens (tertiary/aromatic N) is 2. The van der Waals surface area contributed by atoms with Crippen LogP contribution in [-0.4, -0.2) is 61.0 Å². The molecule has 2 saturated heterocycles. The fourth-order valence-corrected chi connectivity index (χ4v) is 3.06. The van der Waals surface area contributed by atoms with Gasteiger partial charge in [-0.05, 0) is 25.0 Å². The van der Waals surface area contributed by atoms with E-state index in [0.717, 1.165) is 11.3 Å². The zero-order valence-corrected chi connectivity index (χ0v) is 13.6. The van der Waals surface area contributed by atoms with Crippen molar-refractivity contribution in [3.8, 4) is 11.5 Å². The minimum absolute atomic E-state index is 0.297. The number of carbonyl (C=O) groups is 3. The third-order valence-corrected chi connectivity index (χ3v) is 4.26. The molecule has 128 valence electrons. The Bertz CT molecular complexity index is 668. The molecule has 24 heavy (non-hydrogen) atoms. The van der Waals surface area contributed by atoms with Crippen molar-refractivity contribution >= 4 is 23.5 Å². The van der Waals surface area contributed by atoms with Crippen LogP contribution in [0.4, 0.5) is 10.5 Å². The Kier molecular flexibility index (Phi) is 4.28. The van der Waals surface area contributed by atoms with E-state index in [2.05, 4.69) is 5.32 Å². The maximum absolute atomic E-state index is 12.2. The van der Waals surface area contributed by atoms with E-state index in [9.17, 15) is 14.4 Å². The fourth-order valence-electron chi connectivity index (χ4n) is 3.06. The monoisotopic (exact) mass is 333 g/mol. The van der Waals surface area contributed by atoms with Crippen LogP contribution in [0.5, 0.6) is 11.5 Å². The predicted molar refractivity (Wildman–Crippen MR) is 85.0 cm³/mol. The Balaban J connectivity index is 1.68. The Morgan fingerprint density at radius 1 is 1.29 bits per heavy atom. The minimum Gasteiger partial charge on any atom is -0.497 e. The molecule has 1 aromatic rings. The lowest BCUT2D eigenvalue weighted by Gasteiger charge is -2.16. The Labute approximate surface area is 139 Å². The maximum Gasteiger partial charge on any atom is 0.327 e. The lowest BCUT2D eigenvalue weighted by Crippen LogP contribution is -2.39. The van der Waals surface area contributed by atoms with E-state index in [1.165, 1.54) is 19.1 Å². The highest BCUT2D eigenvalue weighted by Gasteiger charge is 2.47. The van der Waals surface area contributed by atoms with Gasteiger partial charge in [0.1, 0.15) is 24.1 Å². The van der Waals surface area contributed by atoms with Gasteiger partial charge in [-0.25, -0.2) is 4.79 Å². The van der Waals surface area contributed by atoms with Gasteiger partial charge in [0.2, 0.25) is 5.91 Å². The van der Waals surface area contributed by atoms with Crippen molar-refractivity contribution in [2.45, 2.75) is 18.9 Å². The van der Waals surface area contributed by atoms with Gasteiger partial charge >= 0.3 is 6.03 Å². The van der Waals surface area contributed by atoms with Crippen LogP contribution in [0.15, 0.2) is 18.2 Å². The van der Waals surface area contributed by atoms with E-state index in [1.54, 1.807) is 18.2 Å². The Morgan fingerprint density at radius 2 is 2.08 bits per heavy atom. The zero-order valence-electron chi connectivity index (χ0n) is 13.6. The van der Waals surface area contributed by atoms with Crippen LogP contribution in [-0.2, 0) is 9.59 Å². The van der Waals surface area contributed by atoms with Gasteiger partial charge in [-0.3, -0.25) is 14.5 Å². The third kappa shape index (κ3) is 2.75. The summed E-state index contributed by atoms with van der Waals surface area (Å²) in [6.07, 6.45) is 1.49. The molecule has 2 fully saturated rings. The lowest BCUT2D eigenvalue weighted by atomic mass is 10.2. The Hall–Kier alpha value is -2.77. The summed E-state index contributed by atoms with van der Waals surface area (Å²) >= 11 is 0. The summed E-state index contributed by atoms with van der Waals surface area (Å²) in [6, 6.07) is 4.17. The molecule has 2 heterocycles. The molecule has 0 bridgehead atoms. The second-order valence-corrected chi connectivity index (χ2v) is 5.67. The fraction of sp³-hybridized carbons (Fsp3) is 0.438. The van der Waals surface area contributed by atoms with Gasteiger partial charge in [0.25, 0.3) is 5.91 Å². The molecule has 0 aromatic heterocycles. The minimum atomic E-state index is -0.457. The average molecular weight is 333 g/mol. The number of urea groups is 1. The smallest absolute Gasteiger partial charge is 0.327 e. The van der Waals surface area contributed by atoms with Crippen molar-refractivity contribution in [3.05, 3.63) is 18.2 Å². The summed E-state index contributed by atoms with van der Waals surface area (Å²) in [7, 11) is 3.01. The molecule has 0 spiro atoms. The highest BCUT2D eigenvalue weighted by atomic mass is 16.5. The van der Waals surface area contributed by atoms with Crippen LogP contribution >= 0.6 is 0 Å². The first kappa shape index (κ1) is 16.1. The van der Waals surface area contributed by atoms with Crippen LogP contribution in [0.1, 0.15) is 12.8 Å². The molecule has 4 amide bonds. The van der Waals surface area contributed by atoms with Crippen LogP contribution in [0.3, 0.4) is 0 Å². The van der Waals surface area contributed by atoms with Crippen LogP contribution in [0.25, 0.3) is 0 Å². The second kappa shape index (κ2) is 6.38. The largest absolute Gasteiger partial charge is 0.497 e. The highest BCUT2D eigenvalue weighted by Crippen LogP contribution is 2.30. The number of hydrogen-bond acceptors (Lipinski definition) is 5. The zero-order chi connectivity index (χ0) is 17.3. The molecule has 0 aliphatic carbocycles. The normalized spacial score (nSPS) is 19.5. The van der Waals surface area contributed by atoms with Crippen LogP contribution in [0, 0.1) is 0 Å². The number of anilines is 1. The van der Waals surface area contributed by atoms with Gasteiger partial charge < -0.3 is 19.7 Å². The van der Waals surface area contributed by atoms with Gasteiger partial charge in [0, 0.05) is 12.6 Å². The molecule has 8 nitrogen and oxygen atoms in total. The lowest BCUT2D eigenvalue weighted by molar-refractivity contribution is -0.131. The molecule has 8 heteroatoms. The van der Waals surface area contributed by atoms with Crippen molar-refractivity contribution in [2.75, 3.05) is 32.6 Å². The topological polar surface area (TPSA) is 88.2 Å². The first-order valence-electron chi connectivity index (χ1n) is 7.69. The third-order valence-electron chi connectivity index (χ3n) is 4.26. The number of amides is 4. The van der Waals surface area contributed by atoms with E-state index < -0.39 is 11.9 Å². The van der Waals surface area contributed by atoms with E-state index in [0.29, 0.717) is 30.2 Å². The molecule has 1 atom stereocenters. The van der Waals surface area contributed by atoms with Gasteiger partial charge in [-0.15, -0.1) is 0 Å². The first-order chi connectivity index (χ1) is 11.5. The molecule has 3 rings (SSSR count). The standard InChI is InChI=1S/C16H19N3O5/c1-23-10-5-6-11(13(8-10)24-2)17-14(20)9-19-15(21)12-4-3-7-18(12)16(19)22/h5-6,8,12H,3-4,7,9H2,1-2H3,(H,17,20). The number of ether oxygens (including phenoxy) is 2. The summed E-state index contributed by atoms with van der Waals surface area (Å²) < 4.78 is 10.3. The quantitative estimate of drug-likeness (QED) is 0.814. The molecular formula is C16H19N3O5. The molecular weight excluding hydrogens is 314 g/mol. The van der Waals surface area contributed by atoms with Crippen molar-refractivity contribution in [1.82, 2.24) is 9.80 Å². The van der Waals surface area contributed by atoms with E-state index in [1.807, 2.05) is 0 Å². The predicted octanol–water partition coefficient (Wildman–Crippen LogP) is 1.07. The van der Waals surface area contributed by atoms with Gasteiger partial charge in [0.05, 0.1) is 19.9 Å². The SMILES string of the molecule is COc1ccc(NC(=O)CN2C(=O)C3CCCN3C2=O)c(OC)c1. The molecule has 2 aliphatic rings. The number of fused-ring (bicyclic) bond motifs is 1. The van der Waals surface area contributed by atoms with Crippen molar-refractivity contribution < 1.29 is 23.9 Å². The molecule has 1 aromatic carbocycles. The number of hydrogen-bond donors (Lipinski definition) is 1. The molecule has 1 N–H and O–H groups in total. The van der Waals surface area contributed by atoms with E-state index in [-0.39, 0.29) is 18.5 Å². The summed E-state index contributed by atoms with van der Waals surface area (Å²) in [5, 5.41) is 2.66. The van der Waals surface area contributed by atoms with Gasteiger partial charge in [-0.1, -0.05) is 0 Å². The number of rotatable bonds is 5. The number of imide groups is 1. The summed E-state index contributed by atoms with van der Waals surface area (Å²) in [6.45, 7) is 0.263. The van der Waals surface area contributed by atoms with Crippen LogP contribution < -0.4 is 14.8 Å². The molecule has 0 radical (unpaired) electrons. The van der Waals surface area contributed by atoms with Crippen molar-refractivity contribution in [1.29, 1.82) is 0 Å². The summed E-state index contributed by atoms with van der Waals surface area (Å²) in [4.78, 5) is 39.2. The van der Waals surface area contributed by atoms with Gasteiger partial charge in [-0.2, -0.15) is 0 Å². The number of benzene rings is 1. The summed E-state index contributed by atoms with van der Waals surface area (Å²) in [5.74, 6) is 0.272. The molecule has 0 saturated carbocycles. The molecule has 2 aliphatic heterocycles. The van der Waals surface area contributed by atoms with Crippen molar-refractivity contribution in [2.24, 2.45) is 0 Å². The number of methoxy groups -OCH3 is 2. The van der Waals surface area contributed by atoms with E-state index in [4.69, 9.17) is 9.47 Å². The number of carbonyl (C=O) groups excluding carboxylic acids is 3. The number of nitrogens with one attached hydrogen (secondary N) is 1. The molecule has 1 unspecified atom stereocenters. The first-order valence-corrected chi connectivity index (χ1v) is 7.69. The van der Waals surface area contributed by atoms with Gasteiger partial charge in [0.15, 0.2) is 0 Å². The summed E-state index contributed by atoms with van der Waals surface area (Å²) in [5.41, 5.74) is 0.447. The van der Waals surface area contributed by atoms with Crippen LogP contribution in [0.2, 0.25) is 0 Å². The highest BCUT2D eigenvalue weighted by molar-refractivity contribution is 6.08. The Morgan fingerprint density at radius 3 is 2.75 bits per heavy atom. The van der Waals surface area contributed by atoms with Crippen molar-refractivity contribution in [3.63, 3.8) is 0 Å².